The van der Waals surface area contributed by atoms with Crippen LogP contribution in [0, 0.1) is 70.0 Å². The van der Waals surface area contributed by atoms with Gasteiger partial charge in [0.05, 0.1) is 26.6 Å². The molecule has 1 aliphatic heterocycles. The Morgan fingerprint density at radius 2 is 1.09 bits per heavy atom. The second kappa shape index (κ2) is 45.7. The Bertz CT molecular complexity index is 3650. The van der Waals surface area contributed by atoms with Crippen LogP contribution in [-0.4, -0.2) is 267 Å². The fraction of sp³-hybridized carbons (Fsp3) is 0.771. The van der Waals surface area contributed by atoms with Gasteiger partial charge in [0.1, 0.15) is 72.6 Å². The molecule has 7 N–H and O–H groups in total. The molecule has 31 nitrogen and oxygen atoms in total. The Labute approximate surface area is 739 Å². The SMILES string of the molecule is C/C=C/C[C@@H](C)[C@@H](O)[C@H]1C(=O)N[C@@H](CC)C(=O)N(C)CC(=O)N(C)[C@@H](CC(C)C)C(=O)N[C@@H](C(C)C)C(=O)N(C)[C@@H](CC(C)C)C(=O)N[C@@H](C)C(=O)N[C@H](C)C(=O)N(C)[C@@H](CC(C)C)C(=O)N(C)[C@@H](CC(C)C)C(=O)N(C)[C@@H](C(C)C)C(=O)N1C.C[C@]12C=CC(=O)C=C1CC[C@@H]1[C@@H]2[C@@H](O)C[C@@]2(C)[C@H]1CC[C@]2(O)C(=O)COP(=O)([O-])[O-].[Na+].[Na+]. The number of aliphatic hydroxyl groups excluding tert-OH is 2. The largest absolute Gasteiger partial charge is 1.00 e. The summed E-state index contributed by atoms with van der Waals surface area (Å²) < 4.78 is 14.9. The predicted octanol–water partition coefficient (Wildman–Crippen LogP) is -2.31. The molecule has 0 unspecified atom stereocenters. The van der Waals surface area contributed by atoms with E-state index in [0.717, 1.165) is 21.8 Å². The number of phosphoric acid groups is 1. The van der Waals surface area contributed by atoms with Gasteiger partial charge in [0.15, 0.2) is 11.6 Å². The van der Waals surface area contributed by atoms with Crippen molar-refractivity contribution in [2.75, 3.05) is 62.5 Å². The number of rotatable bonds is 19. The molecule has 19 atom stereocenters. The van der Waals surface area contributed by atoms with Gasteiger partial charge in [0, 0.05) is 66.1 Å². The number of aliphatic hydroxyl groups is 3. The molecule has 0 aromatic carbocycles. The Hall–Kier alpha value is -5.28. The first kappa shape index (κ1) is 108. The van der Waals surface area contributed by atoms with Gasteiger partial charge < -0.3 is 89.8 Å². The normalized spacial score (nSPS) is 31.2. The molecule has 1 heterocycles. The minimum Gasteiger partial charge on any atom is -0.790 e. The molecule has 4 aliphatic carbocycles. The molecule has 117 heavy (non-hydrogen) atoms. The molecule has 3 saturated carbocycles. The summed E-state index contributed by atoms with van der Waals surface area (Å²) in [7, 11) is 4.58. The average molecular weight is 1690 g/mol. The summed E-state index contributed by atoms with van der Waals surface area (Å²) >= 11 is 0. The van der Waals surface area contributed by atoms with E-state index in [1.54, 1.807) is 73.6 Å². The number of nitrogens with zero attached hydrogens (tertiary/aromatic N) is 7. The van der Waals surface area contributed by atoms with Gasteiger partial charge in [-0.3, -0.25) is 62.3 Å². The van der Waals surface area contributed by atoms with Gasteiger partial charge in [0.2, 0.25) is 65.0 Å². The Morgan fingerprint density at radius 3 is 1.59 bits per heavy atom. The second-order valence-electron chi connectivity index (χ2n) is 35.8. The number of carbonyl (C=O) groups excluding carboxylic acids is 13. The van der Waals surface area contributed by atoms with E-state index in [9.17, 15) is 82.4 Å². The van der Waals surface area contributed by atoms with Crippen LogP contribution in [0.25, 0.3) is 0 Å². The maximum Gasteiger partial charge on any atom is 1.00 e. The van der Waals surface area contributed by atoms with E-state index < -0.39 is 199 Å². The molecular weight excluding hydrogens is 1550 g/mol. The summed E-state index contributed by atoms with van der Waals surface area (Å²) in [5.74, 6) is -10.8. The van der Waals surface area contributed by atoms with Gasteiger partial charge in [-0.1, -0.05) is 135 Å². The fourth-order valence-corrected chi connectivity index (χ4v) is 18.0. The quantitative estimate of drug-likeness (QED) is 0.0406. The van der Waals surface area contributed by atoms with Crippen LogP contribution in [0.15, 0.2) is 36.0 Å². The molecule has 5 aliphatic rings. The van der Waals surface area contributed by atoms with E-state index >= 15 is 9.59 Å². The van der Waals surface area contributed by atoms with Gasteiger partial charge in [0.25, 0.3) is 0 Å². The first-order valence-electron chi connectivity index (χ1n) is 40.9. The zero-order chi connectivity index (χ0) is 88.1. The van der Waals surface area contributed by atoms with Crippen LogP contribution in [0.1, 0.15) is 202 Å². The molecule has 0 aromatic rings. The summed E-state index contributed by atoms with van der Waals surface area (Å²) in [5, 5.41) is 45.6. The third-order valence-corrected chi connectivity index (χ3v) is 25.0. The van der Waals surface area contributed by atoms with Crippen LogP contribution in [-0.2, 0) is 71.4 Å². The van der Waals surface area contributed by atoms with E-state index in [1.165, 1.54) is 87.7 Å². The summed E-state index contributed by atoms with van der Waals surface area (Å²) in [5.41, 5.74) is -2.27. The summed E-state index contributed by atoms with van der Waals surface area (Å²) in [6, 6.07) is -12.3. The van der Waals surface area contributed by atoms with Gasteiger partial charge in [-0.05, 0) is 157 Å². The number of nitrogens with one attached hydrogen (secondary N) is 4. The van der Waals surface area contributed by atoms with Crippen LogP contribution in [0.4, 0.5) is 0 Å². The molecule has 4 fully saturated rings. The van der Waals surface area contributed by atoms with Crippen LogP contribution in [0.2, 0.25) is 0 Å². The first-order valence-corrected chi connectivity index (χ1v) is 42.4. The van der Waals surface area contributed by atoms with Gasteiger partial charge in [-0.15, -0.1) is 0 Å². The van der Waals surface area contributed by atoms with E-state index in [2.05, 4.69) is 25.8 Å². The topological polar surface area (TPSA) is 426 Å². The van der Waals surface area contributed by atoms with E-state index in [1.807, 2.05) is 74.5 Å². The number of ketones is 2. The van der Waals surface area contributed by atoms with Gasteiger partial charge >= 0.3 is 59.1 Å². The number of hydrogen-bond donors (Lipinski definition) is 7. The molecule has 652 valence electrons. The number of hydrogen-bond acceptors (Lipinski definition) is 20. The number of fused-ring (bicyclic) bond motifs is 5. The molecule has 0 spiro atoms. The van der Waals surface area contributed by atoms with Crippen molar-refractivity contribution in [3.8, 4) is 0 Å². The zero-order valence-corrected chi connectivity index (χ0v) is 80.0. The maximum absolute atomic E-state index is 15.1. The minimum atomic E-state index is -5.34. The summed E-state index contributed by atoms with van der Waals surface area (Å²) in [6.45, 7) is 32.1. The van der Waals surface area contributed by atoms with Crippen molar-refractivity contribution in [1.82, 2.24) is 55.6 Å². The Morgan fingerprint density at radius 1 is 0.615 bits per heavy atom. The Kier molecular flexibility index (Phi) is 42.1. The van der Waals surface area contributed by atoms with Crippen LogP contribution in [0.5, 0.6) is 0 Å². The van der Waals surface area contributed by atoms with E-state index in [-0.39, 0.29) is 151 Å². The van der Waals surface area contributed by atoms with Crippen molar-refractivity contribution >= 4 is 84.4 Å². The maximum atomic E-state index is 15.1. The molecule has 0 radical (unpaired) electrons. The third kappa shape index (κ3) is 26.6. The average Bonchev–Trinajstić information content (AvgIpc) is 1.51. The monoisotopic (exact) mass is 1690 g/mol. The summed E-state index contributed by atoms with van der Waals surface area (Å²) in [6.07, 6.45) is 9.60. The van der Waals surface area contributed by atoms with Gasteiger partial charge in [-0.2, -0.15) is 0 Å². The van der Waals surface area contributed by atoms with Gasteiger partial charge in [-0.25, -0.2) is 0 Å². The fourth-order valence-electron chi connectivity index (χ4n) is 17.7. The van der Waals surface area contributed by atoms with E-state index in [0.29, 0.717) is 19.3 Å². The van der Waals surface area contributed by atoms with Crippen molar-refractivity contribution in [2.45, 2.75) is 280 Å². The first-order chi connectivity index (χ1) is 53.0. The molecule has 0 bridgehead atoms. The van der Waals surface area contributed by atoms with Crippen molar-refractivity contribution in [1.29, 1.82) is 0 Å². The standard InChI is InChI=1S/C62H111N11O12.C21H29O8P.2Na/c1-25-27-28-40(15)52(75)51-56(79)65-43(26-2)58(81)67(18)33-48(74)68(19)44(29-34(3)4)55(78)66-49(38(11)12)61(84)69(20)45(30-35(5)6)54(77)63-41(16)53(76)64-42(17)57(80)70(21)46(31-36(7)8)59(82)71(22)47(32-37(9)10)60(83)72(23)50(39(13)14)62(85)73(51)24;1-19-7-5-13(22)9-12(19)3-4-14-15-6-8-21(25,17(24)11-29-30(26,27)28)20(15,2)10-16(23)18(14)19;;/h25,27,34-47,49-52,75H,26,28-33H2,1-24H3,(H,63,77)(H,64,76)(H,65,79)(H,66,78);5,7,9,14-16,18,23,25H,3-4,6,8,10-11H2,1-2H3,(H2,26,27,28);;/q;;2*+1/p-2/b27-25+;;;/t40-,41+,42-,43+,44+,45+,46+,47+,49+,50+,51+,52-;14-,15-,16-,18+,19-,20-,21-;;/m10../s1. The molecule has 1 saturated heterocycles. The molecule has 11 amide bonds. The predicted molar refractivity (Wildman–Crippen MR) is 430 cm³/mol. The number of amides is 11. The van der Waals surface area contributed by atoms with Crippen LogP contribution < -0.4 is 90.2 Å². The Balaban J connectivity index is 0.00000119. The smallest absolute Gasteiger partial charge is 0.790 e. The molecule has 0 aromatic heterocycles. The number of likely N-dealkylation sites (N-methyl/N-ethyl adjacent to an activating group) is 7. The minimum absolute atomic E-state index is 0. The number of allylic oxidation sites excluding steroid dienone is 6. The summed E-state index contributed by atoms with van der Waals surface area (Å²) in [4.78, 5) is 215. The van der Waals surface area contributed by atoms with E-state index in [4.69, 9.17) is 0 Å². The molecule has 34 heteroatoms. The molecule has 5 rings (SSSR count). The van der Waals surface area contributed by atoms with Crippen molar-refractivity contribution in [2.24, 2.45) is 70.0 Å². The number of phosphoric ester groups is 1. The second-order valence-corrected chi connectivity index (χ2v) is 37.0. The van der Waals surface area contributed by atoms with Crippen LogP contribution in [0.3, 0.4) is 0 Å². The molecular formula is C83H138N11Na2O20P. The van der Waals surface area contributed by atoms with Crippen molar-refractivity contribution in [3.05, 3.63) is 36.0 Å². The van der Waals surface area contributed by atoms with Crippen LogP contribution >= 0.6 is 7.82 Å². The zero-order valence-electron chi connectivity index (χ0n) is 75.1. The van der Waals surface area contributed by atoms with Crippen molar-refractivity contribution in [3.63, 3.8) is 0 Å². The van der Waals surface area contributed by atoms with Crippen molar-refractivity contribution < 1.29 is 156 Å². The number of Topliss-reactive ketones (excluding diaryl/α,β-unsaturated/α-hetero) is 1. The number of carbonyl (C=O) groups is 13. The third-order valence-electron chi connectivity index (χ3n) is 24.5.